The van der Waals surface area contributed by atoms with Crippen molar-refractivity contribution in [3.8, 4) is 16.9 Å². The van der Waals surface area contributed by atoms with Gasteiger partial charge in [0.1, 0.15) is 5.75 Å². The summed E-state index contributed by atoms with van der Waals surface area (Å²) in [6.45, 7) is 9.80. The highest BCUT2D eigenvalue weighted by Gasteiger charge is 2.23. The zero-order valence-electron chi connectivity index (χ0n) is 23.5. The molecule has 0 radical (unpaired) electrons. The number of benzene rings is 2. The van der Waals surface area contributed by atoms with E-state index in [1.807, 2.05) is 6.08 Å². The molecule has 0 aliphatic carbocycles. The minimum Gasteiger partial charge on any atom is -0.491 e. The highest BCUT2D eigenvalue weighted by atomic mass is 16.7. The minimum atomic E-state index is -0.246. The van der Waals surface area contributed by atoms with Crippen LogP contribution in [0.15, 0.2) is 61.2 Å². The van der Waals surface area contributed by atoms with Gasteiger partial charge < -0.3 is 14.2 Å². The predicted molar refractivity (Wildman–Crippen MR) is 156 cm³/mol. The van der Waals surface area contributed by atoms with Gasteiger partial charge in [-0.25, -0.2) is 0 Å². The summed E-state index contributed by atoms with van der Waals surface area (Å²) < 4.78 is 18.3. The molecule has 0 spiro atoms. The maximum atomic E-state index is 6.11. The van der Waals surface area contributed by atoms with Gasteiger partial charge in [0, 0.05) is 11.5 Å². The van der Waals surface area contributed by atoms with Gasteiger partial charge in [0.2, 0.25) is 0 Å². The van der Waals surface area contributed by atoms with Gasteiger partial charge in [0.25, 0.3) is 0 Å². The van der Waals surface area contributed by atoms with E-state index >= 15 is 0 Å². The summed E-state index contributed by atoms with van der Waals surface area (Å²) in [5, 5.41) is 0. The van der Waals surface area contributed by atoms with Gasteiger partial charge in [-0.1, -0.05) is 101 Å². The highest BCUT2D eigenvalue weighted by molar-refractivity contribution is 5.64. The molecule has 37 heavy (non-hydrogen) atoms. The maximum Gasteiger partial charge on any atom is 0.183 e. The summed E-state index contributed by atoms with van der Waals surface area (Å²) in [4.78, 5) is 0. The lowest BCUT2D eigenvalue weighted by atomic mass is 10.00. The van der Waals surface area contributed by atoms with Crippen molar-refractivity contribution >= 4 is 0 Å². The quantitative estimate of drug-likeness (QED) is 0.149. The van der Waals surface area contributed by atoms with Crippen LogP contribution in [0.2, 0.25) is 0 Å². The van der Waals surface area contributed by atoms with Crippen molar-refractivity contribution in [3.05, 3.63) is 66.7 Å². The zero-order valence-corrected chi connectivity index (χ0v) is 23.5. The van der Waals surface area contributed by atoms with E-state index < -0.39 is 0 Å². The molecule has 0 unspecified atom stereocenters. The number of unbranched alkanes of at least 4 members (excludes halogenated alkanes) is 9. The summed E-state index contributed by atoms with van der Waals surface area (Å²) in [5.74, 6) is 1.47. The first-order valence-corrected chi connectivity index (χ1v) is 14.9. The molecule has 3 nitrogen and oxygen atoms in total. The summed E-state index contributed by atoms with van der Waals surface area (Å²) in [6.07, 6.45) is 18.6. The van der Waals surface area contributed by atoms with Crippen LogP contribution in [0.25, 0.3) is 11.1 Å². The molecule has 2 aromatic carbocycles. The maximum absolute atomic E-state index is 6.11. The predicted octanol–water partition coefficient (Wildman–Crippen LogP) is 10.1. The molecule has 1 aliphatic heterocycles. The highest BCUT2D eigenvalue weighted by Crippen LogP contribution is 2.30. The van der Waals surface area contributed by atoms with Crippen LogP contribution in [-0.2, 0) is 9.47 Å². The lowest BCUT2D eigenvalue weighted by Crippen LogP contribution is -2.27. The van der Waals surface area contributed by atoms with Gasteiger partial charge in [-0.15, -0.1) is 6.58 Å². The first kappa shape index (κ1) is 29.5. The summed E-state index contributed by atoms with van der Waals surface area (Å²) in [6, 6.07) is 17.1. The fraction of sp³-hybridized carbons (Fsp3) is 0.588. The van der Waals surface area contributed by atoms with E-state index in [1.54, 1.807) is 0 Å². The van der Waals surface area contributed by atoms with Gasteiger partial charge in [0.05, 0.1) is 19.3 Å². The van der Waals surface area contributed by atoms with Crippen molar-refractivity contribution in [1.82, 2.24) is 0 Å². The van der Waals surface area contributed by atoms with Crippen LogP contribution in [-0.4, -0.2) is 19.3 Å². The number of rotatable bonds is 18. The van der Waals surface area contributed by atoms with Crippen molar-refractivity contribution in [1.29, 1.82) is 0 Å². The van der Waals surface area contributed by atoms with Crippen LogP contribution in [0.1, 0.15) is 109 Å². The largest absolute Gasteiger partial charge is 0.491 e. The van der Waals surface area contributed by atoms with E-state index in [2.05, 4.69) is 69.0 Å². The van der Waals surface area contributed by atoms with Gasteiger partial charge >= 0.3 is 0 Å². The third kappa shape index (κ3) is 11.0. The Morgan fingerprint density at radius 2 is 1.41 bits per heavy atom. The molecule has 0 saturated carbocycles. The third-order valence-electron chi connectivity index (χ3n) is 7.41. The smallest absolute Gasteiger partial charge is 0.183 e. The van der Waals surface area contributed by atoms with Crippen LogP contribution in [0, 0.1) is 5.92 Å². The molecule has 0 aromatic heterocycles. The van der Waals surface area contributed by atoms with Crippen molar-refractivity contribution < 1.29 is 14.2 Å². The summed E-state index contributed by atoms with van der Waals surface area (Å²) in [7, 11) is 0. The van der Waals surface area contributed by atoms with Gasteiger partial charge in [-0.3, -0.25) is 0 Å². The first-order valence-electron chi connectivity index (χ1n) is 14.9. The number of allylic oxidation sites excluding steroid dienone is 1. The lowest BCUT2D eigenvalue weighted by molar-refractivity contribution is -0.206. The monoisotopic (exact) mass is 506 g/mol. The van der Waals surface area contributed by atoms with Crippen LogP contribution < -0.4 is 4.74 Å². The molecule has 0 bridgehead atoms. The zero-order chi connectivity index (χ0) is 26.1. The normalized spacial score (nSPS) is 18.4. The van der Waals surface area contributed by atoms with E-state index in [0.717, 1.165) is 37.4 Å². The van der Waals surface area contributed by atoms with Crippen LogP contribution >= 0.6 is 0 Å². The fourth-order valence-corrected chi connectivity index (χ4v) is 5.04. The van der Waals surface area contributed by atoms with E-state index in [0.29, 0.717) is 5.92 Å². The first-order chi connectivity index (χ1) is 18.2. The second kappa shape index (κ2) is 17.4. The molecule has 204 valence electrons. The number of hydrogen-bond acceptors (Lipinski definition) is 3. The van der Waals surface area contributed by atoms with E-state index in [1.165, 1.54) is 81.8 Å². The molecule has 2 aromatic rings. The molecular weight excluding hydrogens is 456 g/mol. The Labute approximate surface area is 226 Å². The van der Waals surface area contributed by atoms with E-state index in [9.17, 15) is 0 Å². The molecule has 0 amide bonds. The molecule has 1 saturated heterocycles. The second-order valence-corrected chi connectivity index (χ2v) is 10.8. The topological polar surface area (TPSA) is 27.7 Å². The SMILES string of the molecule is C=CCCCCCCCCC1COC(c2ccc(-c3ccc(O[C@@H](C)CCCCCC)cc3)cc2)OC1. The second-order valence-electron chi connectivity index (χ2n) is 10.8. The average molecular weight is 507 g/mol. The average Bonchev–Trinajstić information content (AvgIpc) is 2.93. The van der Waals surface area contributed by atoms with Crippen molar-refractivity contribution in [2.75, 3.05) is 13.2 Å². The number of hydrogen-bond donors (Lipinski definition) is 0. The third-order valence-corrected chi connectivity index (χ3v) is 7.41. The molecular formula is C34H50O3. The van der Waals surface area contributed by atoms with Crippen LogP contribution in [0.4, 0.5) is 0 Å². The van der Waals surface area contributed by atoms with E-state index in [4.69, 9.17) is 14.2 Å². The Hall–Kier alpha value is -2.10. The molecule has 1 atom stereocenters. The Balaban J connectivity index is 1.35. The van der Waals surface area contributed by atoms with Gasteiger partial charge in [-0.2, -0.15) is 0 Å². The summed E-state index contributed by atoms with van der Waals surface area (Å²) in [5.41, 5.74) is 3.49. The molecule has 3 heteroatoms. The van der Waals surface area contributed by atoms with Crippen molar-refractivity contribution in [3.63, 3.8) is 0 Å². The summed E-state index contributed by atoms with van der Waals surface area (Å²) >= 11 is 0. The molecule has 0 N–H and O–H groups in total. The lowest BCUT2D eigenvalue weighted by Gasteiger charge is -2.29. The molecule has 1 fully saturated rings. The van der Waals surface area contributed by atoms with Crippen LogP contribution in [0.5, 0.6) is 5.75 Å². The standard InChI is InChI=1S/C34H50O3/c1-4-6-8-10-11-12-13-15-17-29-26-35-34(36-27-29)32-20-18-30(19-21-32)31-22-24-33(25-23-31)37-28(3)16-14-9-7-5-2/h4,18-25,28-29,34H,1,5-17,26-27H2,2-3H3/t28-,29?,34?/m0/s1. The van der Waals surface area contributed by atoms with Gasteiger partial charge in [0.15, 0.2) is 6.29 Å². The fourth-order valence-electron chi connectivity index (χ4n) is 5.04. The van der Waals surface area contributed by atoms with E-state index in [-0.39, 0.29) is 12.4 Å². The molecule has 1 heterocycles. The Morgan fingerprint density at radius 1 is 0.811 bits per heavy atom. The van der Waals surface area contributed by atoms with Crippen LogP contribution in [0.3, 0.4) is 0 Å². The van der Waals surface area contributed by atoms with Crippen molar-refractivity contribution in [2.45, 2.75) is 110 Å². The number of ether oxygens (including phenoxy) is 3. The Bertz CT molecular complexity index is 850. The van der Waals surface area contributed by atoms with Gasteiger partial charge in [-0.05, 0) is 62.3 Å². The van der Waals surface area contributed by atoms with Crippen molar-refractivity contribution in [2.24, 2.45) is 5.92 Å². The Kier molecular flexibility index (Phi) is 13.9. The Morgan fingerprint density at radius 3 is 2.05 bits per heavy atom. The minimum absolute atomic E-state index is 0.246. The molecule has 1 aliphatic rings. The molecule has 3 rings (SSSR count).